The van der Waals surface area contributed by atoms with Crippen molar-refractivity contribution in [3.63, 3.8) is 0 Å². The van der Waals surface area contributed by atoms with Crippen LogP contribution in [0.15, 0.2) is 78.9 Å². The summed E-state index contributed by atoms with van der Waals surface area (Å²) in [4.78, 5) is 0. The Balaban J connectivity index is 1.64. The monoisotopic (exact) mass is 346 g/mol. The highest BCUT2D eigenvalue weighted by Gasteiger charge is 2.08. The Kier molecular flexibility index (Phi) is 5.46. The molecule has 1 unspecified atom stereocenters. The van der Waals surface area contributed by atoms with Crippen LogP contribution >= 0.6 is 12.2 Å². The van der Waals surface area contributed by atoms with Crippen LogP contribution in [0, 0.1) is 6.92 Å². The Bertz CT molecular complexity index is 841. The minimum atomic E-state index is 0.133. The zero-order valence-electron chi connectivity index (χ0n) is 14.5. The molecule has 0 radical (unpaired) electrons. The van der Waals surface area contributed by atoms with E-state index in [2.05, 4.69) is 79.1 Å². The van der Waals surface area contributed by atoms with Gasteiger partial charge in [-0.2, -0.15) is 0 Å². The van der Waals surface area contributed by atoms with Crippen molar-refractivity contribution in [1.29, 1.82) is 0 Å². The van der Waals surface area contributed by atoms with E-state index in [1.807, 2.05) is 24.3 Å². The molecule has 0 saturated heterocycles. The number of hydrogen-bond acceptors (Lipinski definition) is 1. The molecule has 0 saturated carbocycles. The van der Waals surface area contributed by atoms with E-state index in [0.717, 1.165) is 5.69 Å². The first-order valence-corrected chi connectivity index (χ1v) is 8.83. The van der Waals surface area contributed by atoms with E-state index >= 15 is 0 Å². The predicted molar refractivity (Wildman–Crippen MR) is 111 cm³/mol. The maximum atomic E-state index is 5.45. The summed E-state index contributed by atoms with van der Waals surface area (Å²) in [6, 6.07) is 27.3. The predicted octanol–water partition coefficient (Wildman–Crippen LogP) is 5.71. The highest BCUT2D eigenvalue weighted by Crippen LogP contribution is 2.22. The third kappa shape index (κ3) is 4.46. The van der Waals surface area contributed by atoms with Gasteiger partial charge < -0.3 is 10.6 Å². The van der Waals surface area contributed by atoms with Gasteiger partial charge in [0, 0.05) is 5.69 Å². The number of nitrogens with one attached hydrogen (secondary N) is 2. The number of benzene rings is 3. The summed E-state index contributed by atoms with van der Waals surface area (Å²) >= 11 is 5.45. The zero-order chi connectivity index (χ0) is 17.6. The number of aryl methyl sites for hydroxylation is 1. The van der Waals surface area contributed by atoms with Crippen LogP contribution in [0.2, 0.25) is 0 Å². The Morgan fingerprint density at radius 3 is 2.08 bits per heavy atom. The molecule has 0 amide bonds. The van der Waals surface area contributed by atoms with Crippen molar-refractivity contribution >= 4 is 23.0 Å². The van der Waals surface area contributed by atoms with Gasteiger partial charge in [-0.1, -0.05) is 72.8 Å². The molecule has 1 atom stereocenters. The largest absolute Gasteiger partial charge is 0.356 e. The van der Waals surface area contributed by atoms with E-state index < -0.39 is 0 Å². The molecule has 0 aliphatic rings. The van der Waals surface area contributed by atoms with Gasteiger partial charge in [0.1, 0.15) is 0 Å². The molecule has 3 heteroatoms. The molecule has 126 valence electrons. The summed E-state index contributed by atoms with van der Waals surface area (Å²) in [6.07, 6.45) is 0. The normalized spacial score (nSPS) is 11.6. The Morgan fingerprint density at radius 2 is 1.40 bits per heavy atom. The van der Waals surface area contributed by atoms with Gasteiger partial charge in [0.2, 0.25) is 0 Å². The lowest BCUT2D eigenvalue weighted by atomic mass is 10.0. The van der Waals surface area contributed by atoms with Crippen LogP contribution in [0.5, 0.6) is 0 Å². The number of thiocarbonyl (C=S) groups is 1. The minimum Gasteiger partial charge on any atom is -0.356 e. The fraction of sp³-hybridized carbons (Fsp3) is 0.136. The van der Waals surface area contributed by atoms with Crippen molar-refractivity contribution in [2.45, 2.75) is 19.9 Å². The summed E-state index contributed by atoms with van der Waals surface area (Å²) in [5.74, 6) is 0. The van der Waals surface area contributed by atoms with E-state index in [4.69, 9.17) is 12.2 Å². The number of rotatable bonds is 4. The highest BCUT2D eigenvalue weighted by molar-refractivity contribution is 7.80. The maximum Gasteiger partial charge on any atom is 0.171 e. The van der Waals surface area contributed by atoms with E-state index in [1.54, 1.807) is 0 Å². The molecule has 0 bridgehead atoms. The van der Waals surface area contributed by atoms with Crippen molar-refractivity contribution < 1.29 is 0 Å². The lowest BCUT2D eigenvalue weighted by Crippen LogP contribution is -2.31. The first-order valence-electron chi connectivity index (χ1n) is 8.42. The van der Waals surface area contributed by atoms with Crippen LogP contribution in [0.3, 0.4) is 0 Å². The molecule has 2 N–H and O–H groups in total. The fourth-order valence-corrected chi connectivity index (χ4v) is 3.03. The van der Waals surface area contributed by atoms with Gasteiger partial charge in [-0.15, -0.1) is 0 Å². The van der Waals surface area contributed by atoms with Crippen molar-refractivity contribution in [3.05, 3.63) is 90.0 Å². The average molecular weight is 346 g/mol. The van der Waals surface area contributed by atoms with Crippen LogP contribution in [0.1, 0.15) is 24.1 Å². The topological polar surface area (TPSA) is 24.1 Å². The van der Waals surface area contributed by atoms with Crippen molar-refractivity contribution in [2.24, 2.45) is 0 Å². The standard InChI is InChI=1S/C22H22N2S/c1-16-8-6-7-11-21(16)24-22(25)23-17(2)18-12-14-20(15-13-18)19-9-4-3-5-10-19/h3-15,17H,1-2H3,(H2,23,24,25). The first kappa shape index (κ1) is 17.2. The Labute approximate surface area is 154 Å². The van der Waals surface area contributed by atoms with Gasteiger partial charge >= 0.3 is 0 Å². The third-order valence-corrected chi connectivity index (χ3v) is 4.48. The zero-order valence-corrected chi connectivity index (χ0v) is 15.3. The fourth-order valence-electron chi connectivity index (χ4n) is 2.75. The summed E-state index contributed by atoms with van der Waals surface area (Å²) in [7, 11) is 0. The van der Waals surface area contributed by atoms with Gasteiger partial charge in [0.05, 0.1) is 6.04 Å². The van der Waals surface area contributed by atoms with Gasteiger partial charge in [-0.3, -0.25) is 0 Å². The van der Waals surface area contributed by atoms with E-state index in [-0.39, 0.29) is 6.04 Å². The molecule has 2 nitrogen and oxygen atoms in total. The molecule has 0 aromatic heterocycles. The van der Waals surface area contributed by atoms with Gasteiger partial charge in [-0.25, -0.2) is 0 Å². The third-order valence-electron chi connectivity index (χ3n) is 4.26. The summed E-state index contributed by atoms with van der Waals surface area (Å²) < 4.78 is 0. The second-order valence-corrected chi connectivity index (χ2v) is 6.53. The molecule has 0 heterocycles. The van der Waals surface area contributed by atoms with Crippen LogP contribution in [0.4, 0.5) is 5.69 Å². The van der Waals surface area contributed by atoms with E-state index in [0.29, 0.717) is 5.11 Å². The molecule has 3 rings (SSSR count). The summed E-state index contributed by atoms with van der Waals surface area (Å²) in [5, 5.41) is 7.25. The van der Waals surface area contributed by atoms with E-state index in [9.17, 15) is 0 Å². The number of anilines is 1. The van der Waals surface area contributed by atoms with Gasteiger partial charge in [0.25, 0.3) is 0 Å². The van der Waals surface area contributed by atoms with E-state index in [1.165, 1.54) is 22.3 Å². The minimum absolute atomic E-state index is 0.133. The molecule has 3 aromatic rings. The molecule has 25 heavy (non-hydrogen) atoms. The van der Waals surface area contributed by atoms with Crippen LogP contribution in [-0.4, -0.2) is 5.11 Å². The van der Waals surface area contributed by atoms with Crippen LogP contribution in [-0.2, 0) is 0 Å². The van der Waals surface area contributed by atoms with Gasteiger partial charge in [-0.05, 0) is 54.4 Å². The molecular weight excluding hydrogens is 324 g/mol. The van der Waals surface area contributed by atoms with Gasteiger partial charge in [0.15, 0.2) is 5.11 Å². The molecule has 3 aromatic carbocycles. The van der Waals surface area contributed by atoms with Crippen molar-refractivity contribution in [2.75, 3.05) is 5.32 Å². The van der Waals surface area contributed by atoms with Crippen molar-refractivity contribution in [1.82, 2.24) is 5.32 Å². The van der Waals surface area contributed by atoms with Crippen molar-refractivity contribution in [3.8, 4) is 11.1 Å². The Morgan fingerprint density at radius 1 is 0.800 bits per heavy atom. The molecule has 0 spiro atoms. The molecular formula is C22H22N2S. The second-order valence-electron chi connectivity index (χ2n) is 6.12. The average Bonchev–Trinajstić information content (AvgIpc) is 2.64. The number of para-hydroxylation sites is 1. The highest BCUT2D eigenvalue weighted by atomic mass is 32.1. The first-order chi connectivity index (χ1) is 12.1. The second kappa shape index (κ2) is 7.95. The van der Waals surface area contributed by atoms with Crippen LogP contribution < -0.4 is 10.6 Å². The summed E-state index contributed by atoms with van der Waals surface area (Å²) in [6.45, 7) is 4.18. The molecule has 0 aliphatic carbocycles. The lowest BCUT2D eigenvalue weighted by Gasteiger charge is -2.18. The smallest absolute Gasteiger partial charge is 0.171 e. The maximum absolute atomic E-state index is 5.45. The quantitative estimate of drug-likeness (QED) is 0.592. The molecule has 0 aliphatic heterocycles. The lowest BCUT2D eigenvalue weighted by molar-refractivity contribution is 0.723. The molecule has 0 fully saturated rings. The summed E-state index contributed by atoms with van der Waals surface area (Å²) in [5.41, 5.74) is 5.86. The number of hydrogen-bond donors (Lipinski definition) is 2. The Hall–Kier alpha value is -2.65. The SMILES string of the molecule is Cc1ccccc1NC(=S)NC(C)c1ccc(-c2ccccc2)cc1. The van der Waals surface area contributed by atoms with Crippen LogP contribution in [0.25, 0.3) is 11.1 Å².